The zero-order chi connectivity index (χ0) is 5.98. The van der Waals surface area contributed by atoms with Crippen LogP contribution in [0, 0.1) is 0 Å². The molecule has 0 aromatic carbocycles. The summed E-state index contributed by atoms with van der Waals surface area (Å²) in [5.74, 6) is 0.813. The number of thiol groups is 1. The van der Waals surface area contributed by atoms with Crippen molar-refractivity contribution in [1.82, 2.24) is 5.16 Å². The van der Waals surface area contributed by atoms with Crippen LogP contribution in [-0.2, 0) is 0 Å². The molecule has 0 N–H and O–H groups in total. The first kappa shape index (κ1) is 5.69. The van der Waals surface area contributed by atoms with E-state index in [4.69, 9.17) is 4.52 Å². The van der Waals surface area contributed by atoms with Crippen LogP contribution in [0.15, 0.2) is 16.8 Å². The summed E-state index contributed by atoms with van der Waals surface area (Å²) in [4.78, 5) is 0. The van der Waals surface area contributed by atoms with E-state index in [-0.39, 0.29) is 5.25 Å². The number of rotatable bonds is 1. The monoisotopic (exact) mass is 129 g/mol. The van der Waals surface area contributed by atoms with Gasteiger partial charge in [0.25, 0.3) is 0 Å². The quantitative estimate of drug-likeness (QED) is 0.583. The third kappa shape index (κ3) is 1.04. The normalized spacial score (nSPS) is 13.8. The first-order valence-electron chi connectivity index (χ1n) is 2.39. The van der Waals surface area contributed by atoms with E-state index in [0.717, 1.165) is 5.76 Å². The van der Waals surface area contributed by atoms with Crippen LogP contribution in [0.3, 0.4) is 0 Å². The van der Waals surface area contributed by atoms with E-state index >= 15 is 0 Å². The Hall–Kier alpha value is -0.440. The van der Waals surface area contributed by atoms with Crippen molar-refractivity contribution in [3.63, 3.8) is 0 Å². The first-order chi connectivity index (χ1) is 3.80. The van der Waals surface area contributed by atoms with Crippen LogP contribution in [0.4, 0.5) is 0 Å². The Kier molecular flexibility index (Phi) is 1.58. The predicted octanol–water partition coefficient (Wildman–Crippen LogP) is 1.67. The molecule has 1 unspecified atom stereocenters. The minimum absolute atomic E-state index is 0.150. The number of hydrogen-bond acceptors (Lipinski definition) is 3. The average Bonchev–Trinajstić information content (AvgIpc) is 2.12. The summed E-state index contributed by atoms with van der Waals surface area (Å²) >= 11 is 4.12. The van der Waals surface area contributed by atoms with E-state index < -0.39 is 0 Å². The van der Waals surface area contributed by atoms with Crippen LogP contribution in [0.1, 0.15) is 17.9 Å². The van der Waals surface area contributed by atoms with Gasteiger partial charge in [0.05, 0.1) is 11.4 Å². The van der Waals surface area contributed by atoms with E-state index in [1.54, 1.807) is 12.3 Å². The van der Waals surface area contributed by atoms with Crippen molar-refractivity contribution < 1.29 is 4.52 Å². The van der Waals surface area contributed by atoms with Crippen molar-refractivity contribution in [2.24, 2.45) is 0 Å². The smallest absolute Gasteiger partial charge is 0.149 e. The van der Waals surface area contributed by atoms with Crippen molar-refractivity contribution in [3.8, 4) is 0 Å². The molecule has 0 aliphatic carbocycles. The fourth-order valence-electron chi connectivity index (χ4n) is 0.441. The fourth-order valence-corrected chi connectivity index (χ4v) is 0.574. The summed E-state index contributed by atoms with van der Waals surface area (Å²) in [5, 5.41) is 3.67. The van der Waals surface area contributed by atoms with Gasteiger partial charge in [-0.3, -0.25) is 0 Å². The van der Waals surface area contributed by atoms with Gasteiger partial charge in [0.1, 0.15) is 5.76 Å². The first-order valence-corrected chi connectivity index (χ1v) is 2.91. The molecule has 0 spiro atoms. The second-order valence-electron chi connectivity index (χ2n) is 1.59. The van der Waals surface area contributed by atoms with Gasteiger partial charge in [0.2, 0.25) is 0 Å². The molecule has 1 heterocycles. The molecule has 8 heavy (non-hydrogen) atoms. The largest absolute Gasteiger partial charge is 0.360 e. The van der Waals surface area contributed by atoms with Crippen LogP contribution in [-0.4, -0.2) is 5.16 Å². The van der Waals surface area contributed by atoms with E-state index in [9.17, 15) is 0 Å². The molecule has 44 valence electrons. The molecule has 1 aromatic heterocycles. The molecule has 0 saturated carbocycles. The molecule has 1 atom stereocenters. The second-order valence-corrected chi connectivity index (χ2v) is 2.37. The zero-order valence-electron chi connectivity index (χ0n) is 4.53. The van der Waals surface area contributed by atoms with Crippen LogP contribution in [0.25, 0.3) is 0 Å². The minimum Gasteiger partial charge on any atom is -0.360 e. The van der Waals surface area contributed by atoms with Gasteiger partial charge in [0, 0.05) is 6.07 Å². The lowest BCUT2D eigenvalue weighted by Gasteiger charge is -1.92. The summed E-state index contributed by atoms with van der Waals surface area (Å²) in [6.45, 7) is 1.93. The summed E-state index contributed by atoms with van der Waals surface area (Å²) in [6.07, 6.45) is 1.61. The molecule has 0 amide bonds. The molecule has 0 aliphatic rings. The number of aromatic nitrogens is 1. The topological polar surface area (TPSA) is 26.0 Å². The molecule has 3 heteroatoms. The van der Waals surface area contributed by atoms with E-state index in [0.29, 0.717) is 0 Å². The molecule has 2 nitrogen and oxygen atoms in total. The Morgan fingerprint density at radius 3 is 2.88 bits per heavy atom. The maximum absolute atomic E-state index is 4.77. The SMILES string of the molecule is CC(S)c1ccno1. The van der Waals surface area contributed by atoms with Crippen molar-refractivity contribution >= 4 is 12.6 Å². The molecular weight excluding hydrogens is 122 g/mol. The maximum Gasteiger partial charge on any atom is 0.149 e. The predicted molar refractivity (Wildman–Crippen MR) is 33.9 cm³/mol. The molecule has 1 aromatic rings. The van der Waals surface area contributed by atoms with Crippen LogP contribution < -0.4 is 0 Å². The number of hydrogen-bond donors (Lipinski definition) is 1. The fraction of sp³-hybridized carbons (Fsp3) is 0.400. The summed E-state index contributed by atoms with van der Waals surface area (Å²) in [6, 6.07) is 1.80. The Balaban J connectivity index is 2.77. The molecule has 0 fully saturated rings. The summed E-state index contributed by atoms with van der Waals surface area (Å²) < 4.78 is 4.77. The van der Waals surface area contributed by atoms with Gasteiger partial charge in [-0.2, -0.15) is 12.6 Å². The zero-order valence-corrected chi connectivity index (χ0v) is 5.43. The lowest BCUT2D eigenvalue weighted by Crippen LogP contribution is -1.75. The highest BCUT2D eigenvalue weighted by Gasteiger charge is 2.00. The second kappa shape index (κ2) is 2.22. The van der Waals surface area contributed by atoms with Crippen molar-refractivity contribution in [2.75, 3.05) is 0 Å². The van der Waals surface area contributed by atoms with Crippen LogP contribution >= 0.6 is 12.6 Å². The van der Waals surface area contributed by atoms with Gasteiger partial charge < -0.3 is 4.52 Å². The molecule has 1 rings (SSSR count). The lowest BCUT2D eigenvalue weighted by atomic mass is 10.4. The Morgan fingerprint density at radius 1 is 1.88 bits per heavy atom. The van der Waals surface area contributed by atoms with Gasteiger partial charge in [-0.1, -0.05) is 5.16 Å². The van der Waals surface area contributed by atoms with Gasteiger partial charge in [0.15, 0.2) is 0 Å². The highest BCUT2D eigenvalue weighted by Crippen LogP contribution is 2.16. The van der Waals surface area contributed by atoms with E-state index in [1.807, 2.05) is 6.92 Å². The molecular formula is C5H7NOS. The van der Waals surface area contributed by atoms with Gasteiger partial charge in [-0.15, -0.1) is 0 Å². The maximum atomic E-state index is 4.77. The molecule has 0 saturated heterocycles. The third-order valence-corrected chi connectivity index (χ3v) is 1.12. The average molecular weight is 129 g/mol. The highest BCUT2D eigenvalue weighted by atomic mass is 32.1. The Labute approximate surface area is 53.3 Å². The molecule has 0 bridgehead atoms. The summed E-state index contributed by atoms with van der Waals surface area (Å²) in [7, 11) is 0. The van der Waals surface area contributed by atoms with Gasteiger partial charge in [-0.25, -0.2) is 0 Å². The summed E-state index contributed by atoms with van der Waals surface area (Å²) in [5.41, 5.74) is 0. The van der Waals surface area contributed by atoms with Crippen molar-refractivity contribution in [3.05, 3.63) is 18.0 Å². The molecule has 0 aliphatic heterocycles. The highest BCUT2D eigenvalue weighted by molar-refractivity contribution is 7.80. The standard InChI is InChI=1S/C5H7NOS/c1-4(8)5-2-3-6-7-5/h2-4,8H,1H3. The Morgan fingerprint density at radius 2 is 2.62 bits per heavy atom. The van der Waals surface area contributed by atoms with Crippen LogP contribution in [0.2, 0.25) is 0 Å². The minimum atomic E-state index is 0.150. The molecule has 0 radical (unpaired) electrons. The van der Waals surface area contributed by atoms with Gasteiger partial charge in [-0.05, 0) is 6.92 Å². The van der Waals surface area contributed by atoms with Gasteiger partial charge >= 0.3 is 0 Å². The third-order valence-electron chi connectivity index (χ3n) is 0.870. The van der Waals surface area contributed by atoms with Crippen LogP contribution in [0.5, 0.6) is 0 Å². The van der Waals surface area contributed by atoms with E-state index in [2.05, 4.69) is 17.8 Å². The van der Waals surface area contributed by atoms with E-state index in [1.165, 1.54) is 0 Å². The lowest BCUT2D eigenvalue weighted by molar-refractivity contribution is 0.385. The van der Waals surface area contributed by atoms with Crippen molar-refractivity contribution in [1.29, 1.82) is 0 Å². The van der Waals surface area contributed by atoms with Crippen molar-refractivity contribution in [2.45, 2.75) is 12.2 Å². The number of nitrogens with zero attached hydrogens (tertiary/aromatic N) is 1. The Bertz CT molecular complexity index is 147.